The lowest BCUT2D eigenvalue weighted by molar-refractivity contribution is 0.134. The van der Waals surface area contributed by atoms with Gasteiger partial charge in [-0.15, -0.1) is 0 Å². The zero-order valence-corrected chi connectivity index (χ0v) is 14.4. The number of nitrogens with one attached hydrogen (secondary N) is 1. The first kappa shape index (κ1) is 17.5. The third kappa shape index (κ3) is 4.81. The molecule has 0 fully saturated rings. The largest absolute Gasteiger partial charge is 0.377 e. The summed E-state index contributed by atoms with van der Waals surface area (Å²) in [4.78, 5) is 0.267. The molecule has 2 rings (SSSR count). The van der Waals surface area contributed by atoms with Gasteiger partial charge < -0.3 is 4.74 Å². The Bertz CT molecular complexity index is 724. The van der Waals surface area contributed by atoms with Crippen LogP contribution in [0.2, 0.25) is 0 Å². The van der Waals surface area contributed by atoms with Crippen molar-refractivity contribution in [2.24, 2.45) is 0 Å². The van der Waals surface area contributed by atoms with Gasteiger partial charge in [-0.2, -0.15) is 0 Å². The van der Waals surface area contributed by atoms with Gasteiger partial charge in [-0.05, 0) is 37.1 Å². The third-order valence-corrected chi connectivity index (χ3v) is 4.88. The highest BCUT2D eigenvalue weighted by Gasteiger charge is 2.15. The Labute approximate surface area is 138 Å². The summed E-state index contributed by atoms with van der Waals surface area (Å²) < 4.78 is 33.1. The van der Waals surface area contributed by atoms with Gasteiger partial charge in [-0.1, -0.05) is 43.7 Å². The van der Waals surface area contributed by atoms with E-state index in [9.17, 15) is 8.42 Å². The first-order valence-corrected chi connectivity index (χ1v) is 9.32. The van der Waals surface area contributed by atoms with Crippen LogP contribution in [0.4, 0.5) is 5.69 Å². The van der Waals surface area contributed by atoms with E-state index in [0.29, 0.717) is 18.9 Å². The van der Waals surface area contributed by atoms with Crippen LogP contribution >= 0.6 is 0 Å². The summed E-state index contributed by atoms with van der Waals surface area (Å²) in [5.41, 5.74) is 2.52. The van der Waals surface area contributed by atoms with Crippen LogP contribution in [0.15, 0.2) is 53.4 Å². The van der Waals surface area contributed by atoms with E-state index in [0.717, 1.165) is 24.0 Å². The molecule has 0 unspecified atom stereocenters. The summed E-state index contributed by atoms with van der Waals surface area (Å²) in [5, 5.41) is 0. The Morgan fingerprint density at radius 1 is 1.00 bits per heavy atom. The molecule has 124 valence electrons. The fraction of sp³-hybridized carbons (Fsp3) is 0.333. The second-order valence-electron chi connectivity index (χ2n) is 5.29. The van der Waals surface area contributed by atoms with Gasteiger partial charge in [0.05, 0.1) is 17.2 Å². The van der Waals surface area contributed by atoms with Crippen molar-refractivity contribution >= 4 is 15.7 Å². The molecule has 0 saturated heterocycles. The maximum absolute atomic E-state index is 12.5. The minimum absolute atomic E-state index is 0.267. The lowest BCUT2D eigenvalue weighted by Gasteiger charge is -2.13. The highest BCUT2D eigenvalue weighted by Crippen LogP contribution is 2.21. The molecular formula is C18H23NO3S. The normalized spacial score (nSPS) is 11.4. The molecule has 1 N–H and O–H groups in total. The number of rotatable bonds is 8. The fourth-order valence-corrected chi connectivity index (χ4v) is 3.39. The first-order valence-electron chi connectivity index (χ1n) is 7.84. The Morgan fingerprint density at radius 2 is 1.70 bits per heavy atom. The van der Waals surface area contributed by atoms with Gasteiger partial charge in [-0.25, -0.2) is 8.42 Å². The van der Waals surface area contributed by atoms with E-state index in [4.69, 9.17) is 4.74 Å². The van der Waals surface area contributed by atoms with Crippen LogP contribution in [0.5, 0.6) is 0 Å². The smallest absolute Gasteiger partial charge is 0.261 e. The Hall–Kier alpha value is -1.85. The standard InChI is InChI=1S/C18H23NO3S/c1-3-7-15-10-12-17(13-11-15)23(20,21)19-18-9-6-5-8-16(18)14-22-4-2/h5-6,8-13,19H,3-4,7,14H2,1-2H3. The molecule has 0 radical (unpaired) electrons. The molecule has 0 heterocycles. The molecule has 0 aromatic heterocycles. The minimum Gasteiger partial charge on any atom is -0.377 e. The highest BCUT2D eigenvalue weighted by atomic mass is 32.2. The third-order valence-electron chi connectivity index (χ3n) is 3.50. The minimum atomic E-state index is -3.60. The van der Waals surface area contributed by atoms with Gasteiger partial charge in [0, 0.05) is 12.2 Å². The molecule has 2 aromatic rings. The number of para-hydroxylation sites is 1. The lowest BCUT2D eigenvalue weighted by atomic mass is 10.1. The molecule has 0 amide bonds. The second kappa shape index (κ2) is 8.13. The summed E-state index contributed by atoms with van der Waals surface area (Å²) in [5.74, 6) is 0. The fourth-order valence-electron chi connectivity index (χ4n) is 2.29. The van der Waals surface area contributed by atoms with Crippen LogP contribution < -0.4 is 4.72 Å². The van der Waals surface area contributed by atoms with Crippen LogP contribution in [0.25, 0.3) is 0 Å². The van der Waals surface area contributed by atoms with Gasteiger partial charge in [0.2, 0.25) is 0 Å². The monoisotopic (exact) mass is 333 g/mol. The van der Waals surface area contributed by atoms with Crippen molar-refractivity contribution in [1.29, 1.82) is 0 Å². The molecule has 23 heavy (non-hydrogen) atoms. The quantitative estimate of drug-likeness (QED) is 0.795. The van der Waals surface area contributed by atoms with Gasteiger partial charge >= 0.3 is 0 Å². The molecule has 0 aliphatic rings. The van der Waals surface area contributed by atoms with E-state index < -0.39 is 10.0 Å². The Morgan fingerprint density at radius 3 is 2.35 bits per heavy atom. The second-order valence-corrected chi connectivity index (χ2v) is 6.98. The van der Waals surface area contributed by atoms with Crippen molar-refractivity contribution in [1.82, 2.24) is 0 Å². The number of hydrogen-bond donors (Lipinski definition) is 1. The first-order chi connectivity index (χ1) is 11.1. The molecule has 0 spiro atoms. The van der Waals surface area contributed by atoms with Crippen LogP contribution in [0, 0.1) is 0 Å². The van der Waals surface area contributed by atoms with Gasteiger partial charge in [0.1, 0.15) is 0 Å². The number of ether oxygens (including phenoxy) is 1. The van der Waals surface area contributed by atoms with Crippen molar-refractivity contribution in [3.05, 3.63) is 59.7 Å². The summed E-state index contributed by atoms with van der Waals surface area (Å²) >= 11 is 0. The number of benzene rings is 2. The summed E-state index contributed by atoms with van der Waals surface area (Å²) in [6, 6.07) is 14.3. The average molecular weight is 333 g/mol. The number of sulfonamides is 1. The number of hydrogen-bond acceptors (Lipinski definition) is 3. The molecule has 0 aliphatic carbocycles. The predicted octanol–water partition coefficient (Wildman–Crippen LogP) is 3.98. The highest BCUT2D eigenvalue weighted by molar-refractivity contribution is 7.92. The van der Waals surface area contributed by atoms with E-state index >= 15 is 0 Å². The molecule has 0 saturated carbocycles. The van der Waals surface area contributed by atoms with Gasteiger partial charge in [0.25, 0.3) is 10.0 Å². The maximum Gasteiger partial charge on any atom is 0.261 e. The Kier molecular flexibility index (Phi) is 6.19. The van der Waals surface area contributed by atoms with Crippen molar-refractivity contribution in [2.45, 2.75) is 38.2 Å². The van der Waals surface area contributed by atoms with Crippen molar-refractivity contribution < 1.29 is 13.2 Å². The van der Waals surface area contributed by atoms with Crippen molar-refractivity contribution in [2.75, 3.05) is 11.3 Å². The van der Waals surface area contributed by atoms with Crippen LogP contribution in [-0.2, 0) is 27.8 Å². The zero-order valence-electron chi connectivity index (χ0n) is 13.6. The maximum atomic E-state index is 12.5. The van der Waals surface area contributed by atoms with E-state index in [1.165, 1.54) is 0 Å². The molecule has 0 aliphatic heterocycles. The van der Waals surface area contributed by atoms with Gasteiger partial charge in [0.15, 0.2) is 0 Å². The average Bonchev–Trinajstić information content (AvgIpc) is 2.54. The van der Waals surface area contributed by atoms with Crippen LogP contribution in [-0.4, -0.2) is 15.0 Å². The topological polar surface area (TPSA) is 55.4 Å². The lowest BCUT2D eigenvalue weighted by Crippen LogP contribution is -2.14. The predicted molar refractivity (Wildman–Crippen MR) is 93.0 cm³/mol. The summed E-state index contributed by atoms with van der Waals surface area (Å²) in [6.07, 6.45) is 1.99. The number of anilines is 1. The molecular weight excluding hydrogens is 310 g/mol. The number of aryl methyl sites for hydroxylation is 1. The molecule has 5 heteroatoms. The van der Waals surface area contributed by atoms with Gasteiger partial charge in [-0.3, -0.25) is 4.72 Å². The van der Waals surface area contributed by atoms with Crippen LogP contribution in [0.1, 0.15) is 31.4 Å². The summed E-state index contributed by atoms with van der Waals surface area (Å²) in [7, 11) is -3.60. The zero-order chi connectivity index (χ0) is 16.7. The van der Waals surface area contributed by atoms with Crippen LogP contribution in [0.3, 0.4) is 0 Å². The van der Waals surface area contributed by atoms with E-state index in [1.807, 2.05) is 31.2 Å². The van der Waals surface area contributed by atoms with Crippen molar-refractivity contribution in [3.8, 4) is 0 Å². The van der Waals surface area contributed by atoms with E-state index in [-0.39, 0.29) is 4.90 Å². The molecule has 0 bridgehead atoms. The SMILES string of the molecule is CCCc1ccc(S(=O)(=O)Nc2ccccc2COCC)cc1. The van der Waals surface area contributed by atoms with Crippen molar-refractivity contribution in [3.63, 3.8) is 0 Å². The molecule has 0 atom stereocenters. The Balaban J connectivity index is 2.21. The molecule has 4 nitrogen and oxygen atoms in total. The van der Waals surface area contributed by atoms with E-state index in [2.05, 4.69) is 11.6 Å². The van der Waals surface area contributed by atoms with E-state index in [1.54, 1.807) is 24.3 Å². The summed E-state index contributed by atoms with van der Waals surface area (Å²) in [6.45, 7) is 4.97. The molecule has 2 aromatic carbocycles.